The molecule has 0 spiro atoms. The van der Waals surface area contributed by atoms with Crippen LogP contribution in [0.25, 0.3) is 0 Å². The van der Waals surface area contributed by atoms with Crippen LogP contribution in [0.15, 0.2) is 18.2 Å². The number of rotatable bonds is 4. The highest BCUT2D eigenvalue weighted by molar-refractivity contribution is 5.78. The molecular formula is C12H14FN3O3. The molecule has 0 saturated heterocycles. The van der Waals surface area contributed by atoms with Crippen molar-refractivity contribution in [2.45, 2.75) is 25.3 Å². The zero-order valence-electron chi connectivity index (χ0n) is 10.1. The number of nitrogens with one attached hydrogen (secondary N) is 1. The average Bonchev–Trinajstić information content (AvgIpc) is 2.76. The molecule has 1 amide bonds. The number of hydrogen-bond donors (Lipinski definition) is 2. The molecule has 19 heavy (non-hydrogen) atoms. The summed E-state index contributed by atoms with van der Waals surface area (Å²) in [5, 5.41) is 13.7. The van der Waals surface area contributed by atoms with Crippen LogP contribution < -0.4 is 11.1 Å². The predicted octanol–water partition coefficient (Wildman–Crippen LogP) is 1.80. The Bertz CT molecular complexity index is 521. The van der Waals surface area contributed by atoms with Crippen molar-refractivity contribution < 1.29 is 14.1 Å². The smallest absolute Gasteiger partial charge is 0.327 e. The minimum Gasteiger partial charge on any atom is -0.376 e. The van der Waals surface area contributed by atoms with Crippen LogP contribution in [0.3, 0.4) is 0 Å². The lowest BCUT2D eigenvalue weighted by atomic mass is 10.0. The van der Waals surface area contributed by atoms with Gasteiger partial charge in [0.2, 0.25) is 11.7 Å². The van der Waals surface area contributed by atoms with Crippen LogP contribution in [0.5, 0.6) is 0 Å². The predicted molar refractivity (Wildman–Crippen MR) is 67.0 cm³/mol. The first-order valence-corrected chi connectivity index (χ1v) is 5.99. The van der Waals surface area contributed by atoms with Gasteiger partial charge in [0.1, 0.15) is 5.69 Å². The fraction of sp³-hybridized carbons (Fsp3) is 0.417. The van der Waals surface area contributed by atoms with Gasteiger partial charge in [0, 0.05) is 6.04 Å². The minimum absolute atomic E-state index is 0.0863. The summed E-state index contributed by atoms with van der Waals surface area (Å²) < 4.78 is 13.5. The van der Waals surface area contributed by atoms with Crippen LogP contribution >= 0.6 is 0 Å². The number of benzene rings is 1. The third-order valence-electron chi connectivity index (χ3n) is 3.39. The highest BCUT2D eigenvalue weighted by Crippen LogP contribution is 2.33. The second-order valence-corrected chi connectivity index (χ2v) is 4.58. The summed E-state index contributed by atoms with van der Waals surface area (Å²) in [6.45, 7) is 0. The molecule has 2 rings (SSSR count). The van der Waals surface area contributed by atoms with Gasteiger partial charge in [-0.3, -0.25) is 14.9 Å². The van der Waals surface area contributed by atoms with E-state index in [1.54, 1.807) is 0 Å². The van der Waals surface area contributed by atoms with E-state index in [-0.39, 0.29) is 17.6 Å². The Morgan fingerprint density at radius 2 is 2.21 bits per heavy atom. The van der Waals surface area contributed by atoms with Crippen molar-refractivity contribution >= 4 is 17.3 Å². The van der Waals surface area contributed by atoms with E-state index in [9.17, 15) is 19.3 Å². The number of carbonyl (C=O) groups excluding carboxylic acids is 1. The van der Waals surface area contributed by atoms with E-state index in [0.717, 1.165) is 12.5 Å². The van der Waals surface area contributed by atoms with Crippen molar-refractivity contribution in [2.75, 3.05) is 5.32 Å². The second-order valence-electron chi connectivity index (χ2n) is 4.58. The average molecular weight is 267 g/mol. The molecule has 1 aromatic rings. The number of para-hydroxylation sites is 1. The number of carbonyl (C=O) groups is 1. The number of primary amides is 1. The lowest BCUT2D eigenvalue weighted by molar-refractivity contribution is -0.386. The monoisotopic (exact) mass is 267 g/mol. The Balaban J connectivity index is 2.26. The Labute approximate surface area is 108 Å². The van der Waals surface area contributed by atoms with Crippen LogP contribution in [0.2, 0.25) is 0 Å². The fourth-order valence-corrected chi connectivity index (χ4v) is 2.49. The van der Waals surface area contributed by atoms with Crippen LogP contribution in [0.1, 0.15) is 19.3 Å². The first-order valence-electron chi connectivity index (χ1n) is 5.99. The Hall–Kier alpha value is -2.18. The van der Waals surface area contributed by atoms with Gasteiger partial charge in [-0.1, -0.05) is 12.5 Å². The normalized spacial score (nSPS) is 22.2. The van der Waals surface area contributed by atoms with Gasteiger partial charge >= 0.3 is 5.69 Å². The number of nitro benzene ring substituents is 1. The van der Waals surface area contributed by atoms with Gasteiger partial charge in [0.25, 0.3) is 0 Å². The number of hydrogen-bond acceptors (Lipinski definition) is 4. The summed E-state index contributed by atoms with van der Waals surface area (Å²) >= 11 is 0. The van der Waals surface area contributed by atoms with Crippen molar-refractivity contribution in [2.24, 2.45) is 11.7 Å². The number of amides is 1. The molecule has 0 heterocycles. The van der Waals surface area contributed by atoms with E-state index in [2.05, 4.69) is 5.32 Å². The molecule has 7 heteroatoms. The van der Waals surface area contributed by atoms with Gasteiger partial charge in [-0.05, 0) is 25.0 Å². The van der Waals surface area contributed by atoms with E-state index in [1.165, 1.54) is 12.1 Å². The van der Waals surface area contributed by atoms with Crippen LogP contribution in [0.4, 0.5) is 15.8 Å². The number of halogens is 1. The molecule has 0 radical (unpaired) electrons. The highest BCUT2D eigenvalue weighted by atomic mass is 19.1. The molecule has 6 nitrogen and oxygen atoms in total. The van der Waals surface area contributed by atoms with Crippen molar-refractivity contribution in [3.8, 4) is 0 Å². The fourth-order valence-electron chi connectivity index (χ4n) is 2.49. The molecular weight excluding hydrogens is 253 g/mol. The molecule has 0 bridgehead atoms. The summed E-state index contributed by atoms with van der Waals surface area (Å²) in [6, 6.07) is 3.57. The number of nitro groups is 1. The maximum atomic E-state index is 13.5. The van der Waals surface area contributed by atoms with Gasteiger partial charge in [-0.15, -0.1) is 0 Å². The topological polar surface area (TPSA) is 98.3 Å². The zero-order valence-corrected chi connectivity index (χ0v) is 10.1. The summed E-state index contributed by atoms with van der Waals surface area (Å²) in [4.78, 5) is 21.4. The Morgan fingerprint density at radius 3 is 2.84 bits per heavy atom. The molecule has 1 aromatic carbocycles. The minimum atomic E-state index is -0.899. The lowest BCUT2D eigenvalue weighted by Crippen LogP contribution is -2.34. The maximum Gasteiger partial charge on any atom is 0.327 e. The molecule has 102 valence electrons. The van der Waals surface area contributed by atoms with Crippen LogP contribution in [-0.4, -0.2) is 16.9 Å². The Kier molecular flexibility index (Phi) is 3.64. The molecule has 1 fully saturated rings. The Morgan fingerprint density at radius 1 is 1.47 bits per heavy atom. The SMILES string of the molecule is NC(=O)C1CCCC1Nc1cccc(F)c1[N+](=O)[O-]. The standard InChI is InChI=1S/C12H14FN3O3/c13-8-4-2-6-10(11(8)16(18)19)15-9-5-1-3-7(9)12(14)17/h2,4,6-7,9,15H,1,3,5H2,(H2,14,17). The maximum absolute atomic E-state index is 13.5. The summed E-state index contributed by atoms with van der Waals surface area (Å²) in [7, 11) is 0. The van der Waals surface area contributed by atoms with Gasteiger partial charge < -0.3 is 11.1 Å². The quantitative estimate of drug-likeness (QED) is 0.641. The van der Waals surface area contributed by atoms with Crippen LogP contribution in [-0.2, 0) is 4.79 Å². The highest BCUT2D eigenvalue weighted by Gasteiger charge is 2.33. The molecule has 2 atom stereocenters. The van der Waals surface area contributed by atoms with E-state index >= 15 is 0 Å². The molecule has 0 aromatic heterocycles. The molecule has 1 aliphatic rings. The molecule has 0 aliphatic heterocycles. The summed E-state index contributed by atoms with van der Waals surface area (Å²) in [5.41, 5.74) is 4.77. The number of nitrogens with two attached hydrogens (primary N) is 1. The van der Waals surface area contributed by atoms with Crippen molar-refractivity contribution in [1.82, 2.24) is 0 Å². The van der Waals surface area contributed by atoms with Gasteiger partial charge in [0.05, 0.1) is 10.8 Å². The van der Waals surface area contributed by atoms with Crippen molar-refractivity contribution in [3.05, 3.63) is 34.1 Å². The third-order valence-corrected chi connectivity index (χ3v) is 3.39. The van der Waals surface area contributed by atoms with E-state index in [1.807, 2.05) is 0 Å². The molecule has 1 aliphatic carbocycles. The molecule has 1 saturated carbocycles. The summed E-state index contributed by atoms with van der Waals surface area (Å²) in [6.07, 6.45) is 2.14. The third kappa shape index (κ3) is 2.64. The van der Waals surface area contributed by atoms with Gasteiger partial charge in [-0.2, -0.15) is 4.39 Å². The first kappa shape index (κ1) is 13.3. The number of anilines is 1. The van der Waals surface area contributed by atoms with E-state index in [4.69, 9.17) is 5.73 Å². The second kappa shape index (κ2) is 5.21. The zero-order chi connectivity index (χ0) is 14.0. The van der Waals surface area contributed by atoms with Crippen LogP contribution in [0, 0.1) is 21.8 Å². The molecule has 2 unspecified atom stereocenters. The van der Waals surface area contributed by atoms with Crippen molar-refractivity contribution in [3.63, 3.8) is 0 Å². The lowest BCUT2D eigenvalue weighted by Gasteiger charge is -2.19. The van der Waals surface area contributed by atoms with Crippen molar-refractivity contribution in [1.29, 1.82) is 0 Å². The number of nitrogens with zero attached hydrogens (tertiary/aromatic N) is 1. The van der Waals surface area contributed by atoms with Gasteiger partial charge in [-0.25, -0.2) is 0 Å². The largest absolute Gasteiger partial charge is 0.376 e. The van der Waals surface area contributed by atoms with E-state index in [0.29, 0.717) is 12.8 Å². The molecule has 3 N–H and O–H groups in total. The van der Waals surface area contributed by atoms with E-state index < -0.39 is 22.3 Å². The summed E-state index contributed by atoms with van der Waals surface area (Å²) in [5.74, 6) is -1.71. The first-order chi connectivity index (χ1) is 9.00. The van der Waals surface area contributed by atoms with Gasteiger partial charge in [0.15, 0.2) is 0 Å².